The van der Waals surface area contributed by atoms with E-state index in [1.165, 1.54) is 38.5 Å². The Hall–Kier alpha value is -4.39. The number of rotatable bonds is 14. The molecule has 7 heteroatoms. The van der Waals surface area contributed by atoms with Gasteiger partial charge in [-0.15, -0.1) is 0 Å². The highest BCUT2D eigenvalue weighted by Gasteiger charge is 2.24. The van der Waals surface area contributed by atoms with Crippen molar-refractivity contribution in [2.45, 2.75) is 58.3 Å². The molecular weight excluding hydrogens is 508 g/mol. The number of carbonyl (C=O) groups is 2. The first-order valence-electron chi connectivity index (χ1n) is 13.8. The Labute approximate surface area is 233 Å². The van der Waals surface area contributed by atoms with Crippen molar-refractivity contribution in [2.24, 2.45) is 0 Å². The molecule has 0 fully saturated rings. The highest BCUT2D eigenvalue weighted by atomic mass is 16.6. The average molecular weight is 543 g/mol. The molecule has 3 aromatic carbocycles. The lowest BCUT2D eigenvalue weighted by atomic mass is 10.1. The van der Waals surface area contributed by atoms with Gasteiger partial charge in [0.2, 0.25) is 0 Å². The summed E-state index contributed by atoms with van der Waals surface area (Å²) in [4.78, 5) is 38.7. The standard InChI is InChI=1S/C33H34O7/c1-2-3-4-5-6-7-8-15-22-37-26-20-21-27-28(23-26)38-33(36)30(40-32(35)25-18-13-10-14-19-25)29(27)39-31(34)24-16-11-9-12-17-24/h9-14,16-21,23H,2-8,15,22H2,1H3. The van der Waals surface area contributed by atoms with Crippen LogP contribution in [0.5, 0.6) is 17.2 Å². The maximum atomic E-state index is 13.0. The van der Waals surface area contributed by atoms with E-state index in [2.05, 4.69) is 6.92 Å². The molecule has 0 amide bonds. The van der Waals surface area contributed by atoms with Gasteiger partial charge in [-0.25, -0.2) is 14.4 Å². The van der Waals surface area contributed by atoms with Gasteiger partial charge in [0.25, 0.3) is 5.75 Å². The summed E-state index contributed by atoms with van der Waals surface area (Å²) >= 11 is 0. The van der Waals surface area contributed by atoms with Gasteiger partial charge < -0.3 is 18.6 Å². The number of unbranched alkanes of at least 4 members (excludes halogenated alkanes) is 7. The number of fused-ring (bicyclic) bond motifs is 1. The zero-order valence-electron chi connectivity index (χ0n) is 22.7. The molecule has 0 saturated carbocycles. The number of esters is 2. The van der Waals surface area contributed by atoms with Crippen molar-refractivity contribution < 1.29 is 28.2 Å². The van der Waals surface area contributed by atoms with Crippen LogP contribution in [0.1, 0.15) is 79.0 Å². The topological polar surface area (TPSA) is 92.0 Å². The Kier molecular flexibility index (Phi) is 10.5. The van der Waals surface area contributed by atoms with Crippen LogP contribution in [-0.4, -0.2) is 18.5 Å². The van der Waals surface area contributed by atoms with Crippen molar-refractivity contribution in [3.05, 3.63) is 100 Å². The first-order chi connectivity index (χ1) is 19.6. The van der Waals surface area contributed by atoms with Gasteiger partial charge in [-0.2, -0.15) is 0 Å². The van der Waals surface area contributed by atoms with Crippen molar-refractivity contribution in [2.75, 3.05) is 6.61 Å². The quantitative estimate of drug-likeness (QED) is 0.0913. The molecule has 1 aromatic heterocycles. The zero-order valence-corrected chi connectivity index (χ0v) is 22.7. The van der Waals surface area contributed by atoms with Crippen molar-refractivity contribution in [1.29, 1.82) is 0 Å². The molecule has 7 nitrogen and oxygen atoms in total. The lowest BCUT2D eigenvalue weighted by molar-refractivity contribution is 0.0678. The molecule has 0 saturated heterocycles. The molecule has 0 aliphatic rings. The second-order valence-corrected chi connectivity index (χ2v) is 9.54. The third-order valence-electron chi connectivity index (χ3n) is 6.47. The van der Waals surface area contributed by atoms with Gasteiger partial charge in [0.15, 0.2) is 5.75 Å². The fourth-order valence-electron chi connectivity index (χ4n) is 4.29. The highest BCUT2D eigenvalue weighted by Crippen LogP contribution is 2.35. The maximum absolute atomic E-state index is 13.0. The number of hydrogen-bond acceptors (Lipinski definition) is 7. The van der Waals surface area contributed by atoms with Crippen molar-refractivity contribution in [3.8, 4) is 17.2 Å². The highest BCUT2D eigenvalue weighted by molar-refractivity contribution is 5.97. The summed E-state index contributed by atoms with van der Waals surface area (Å²) in [7, 11) is 0. The number of benzene rings is 3. The Morgan fingerprint density at radius 2 is 1.23 bits per heavy atom. The molecule has 0 aliphatic carbocycles. The van der Waals surface area contributed by atoms with Crippen LogP contribution < -0.4 is 19.8 Å². The molecule has 1 heterocycles. The van der Waals surface area contributed by atoms with E-state index in [1.807, 2.05) is 0 Å². The minimum atomic E-state index is -0.951. The van der Waals surface area contributed by atoms with Crippen LogP contribution in [-0.2, 0) is 0 Å². The number of hydrogen-bond donors (Lipinski definition) is 0. The van der Waals surface area contributed by atoms with Crippen LogP contribution in [0.15, 0.2) is 88.1 Å². The second-order valence-electron chi connectivity index (χ2n) is 9.54. The Morgan fingerprint density at radius 1 is 0.675 bits per heavy atom. The molecule has 0 aliphatic heterocycles. The van der Waals surface area contributed by atoms with Crippen LogP contribution in [0.25, 0.3) is 11.0 Å². The molecular formula is C33H34O7. The average Bonchev–Trinajstić information content (AvgIpc) is 2.98. The number of carbonyl (C=O) groups excluding carboxylic acids is 2. The molecule has 208 valence electrons. The minimum absolute atomic E-state index is 0.147. The van der Waals surface area contributed by atoms with Crippen LogP contribution >= 0.6 is 0 Å². The summed E-state index contributed by atoms with van der Waals surface area (Å²) in [5.41, 5.74) is -0.303. The van der Waals surface area contributed by atoms with Crippen LogP contribution in [0.4, 0.5) is 0 Å². The Morgan fingerprint density at radius 3 is 1.82 bits per heavy atom. The molecule has 4 aromatic rings. The molecule has 0 radical (unpaired) electrons. The third-order valence-corrected chi connectivity index (χ3v) is 6.47. The van der Waals surface area contributed by atoms with Gasteiger partial charge in [0.1, 0.15) is 11.3 Å². The van der Waals surface area contributed by atoms with Gasteiger partial charge in [-0.05, 0) is 42.8 Å². The van der Waals surface area contributed by atoms with Gasteiger partial charge in [-0.3, -0.25) is 0 Å². The van der Waals surface area contributed by atoms with Crippen LogP contribution in [0, 0.1) is 0 Å². The van der Waals surface area contributed by atoms with Crippen molar-refractivity contribution in [1.82, 2.24) is 0 Å². The fraction of sp³-hybridized carbons (Fsp3) is 0.303. The van der Waals surface area contributed by atoms with Gasteiger partial charge in [0.05, 0.1) is 23.1 Å². The summed E-state index contributed by atoms with van der Waals surface area (Å²) in [6, 6.07) is 21.4. The molecule has 0 atom stereocenters. The second kappa shape index (κ2) is 14.7. The van der Waals surface area contributed by atoms with E-state index in [4.69, 9.17) is 18.6 Å². The van der Waals surface area contributed by atoms with E-state index < -0.39 is 23.3 Å². The summed E-state index contributed by atoms with van der Waals surface area (Å²) in [6.07, 6.45) is 9.54. The first kappa shape index (κ1) is 28.6. The third kappa shape index (κ3) is 7.82. The van der Waals surface area contributed by atoms with Crippen LogP contribution in [0.2, 0.25) is 0 Å². The first-order valence-corrected chi connectivity index (χ1v) is 13.8. The van der Waals surface area contributed by atoms with Gasteiger partial charge in [-0.1, -0.05) is 88.3 Å². The predicted molar refractivity (Wildman–Crippen MR) is 153 cm³/mol. The largest absolute Gasteiger partial charge is 0.493 e. The fourth-order valence-corrected chi connectivity index (χ4v) is 4.29. The SMILES string of the molecule is CCCCCCCCCCOc1ccc2c(OC(=O)c3ccccc3)c(OC(=O)c3ccccc3)c(=O)oc2c1. The van der Waals surface area contributed by atoms with E-state index in [0.717, 1.165) is 12.8 Å². The summed E-state index contributed by atoms with van der Waals surface area (Å²) in [5.74, 6) is -1.67. The van der Waals surface area contributed by atoms with Gasteiger partial charge >= 0.3 is 17.6 Å². The molecule has 4 rings (SSSR count). The maximum Gasteiger partial charge on any atom is 0.383 e. The number of ether oxygens (including phenoxy) is 3. The van der Waals surface area contributed by atoms with E-state index in [0.29, 0.717) is 17.7 Å². The summed E-state index contributed by atoms with van der Waals surface area (Å²) < 4.78 is 22.4. The lowest BCUT2D eigenvalue weighted by Gasteiger charge is -2.13. The Balaban J connectivity index is 1.53. The lowest BCUT2D eigenvalue weighted by Crippen LogP contribution is -2.18. The molecule has 0 unspecified atom stereocenters. The van der Waals surface area contributed by atoms with E-state index in [1.54, 1.807) is 78.9 Å². The molecule has 40 heavy (non-hydrogen) atoms. The zero-order chi connectivity index (χ0) is 28.2. The smallest absolute Gasteiger partial charge is 0.383 e. The molecule has 0 spiro atoms. The summed E-state index contributed by atoms with van der Waals surface area (Å²) in [6.45, 7) is 2.75. The molecule has 0 N–H and O–H groups in total. The van der Waals surface area contributed by atoms with E-state index in [9.17, 15) is 14.4 Å². The van der Waals surface area contributed by atoms with Crippen molar-refractivity contribution >= 4 is 22.9 Å². The summed E-state index contributed by atoms with van der Waals surface area (Å²) in [5, 5.41) is 0.291. The monoisotopic (exact) mass is 542 g/mol. The normalized spacial score (nSPS) is 10.8. The molecule has 0 bridgehead atoms. The minimum Gasteiger partial charge on any atom is -0.493 e. The van der Waals surface area contributed by atoms with E-state index >= 15 is 0 Å². The van der Waals surface area contributed by atoms with Crippen LogP contribution in [0.3, 0.4) is 0 Å². The van der Waals surface area contributed by atoms with Crippen molar-refractivity contribution in [3.63, 3.8) is 0 Å². The Bertz CT molecular complexity index is 1460. The van der Waals surface area contributed by atoms with E-state index in [-0.39, 0.29) is 22.5 Å². The predicted octanol–water partition coefficient (Wildman–Crippen LogP) is 7.75. The van der Waals surface area contributed by atoms with Gasteiger partial charge in [0, 0.05) is 6.07 Å².